The molecule has 2 atom stereocenters. The van der Waals surface area contributed by atoms with Gasteiger partial charge in [-0.05, 0) is 73.6 Å². The highest BCUT2D eigenvalue weighted by Gasteiger charge is 2.22. The van der Waals surface area contributed by atoms with Gasteiger partial charge in [0.2, 0.25) is 0 Å². The fourth-order valence-electron chi connectivity index (χ4n) is 5.27. The van der Waals surface area contributed by atoms with E-state index in [4.69, 9.17) is 26.9 Å². The molecule has 33 heavy (non-hydrogen) atoms. The molecule has 3 rings (SSSR count). The van der Waals surface area contributed by atoms with Crippen molar-refractivity contribution in [3.05, 3.63) is 40.7 Å². The minimum absolute atomic E-state index is 0.294. The van der Waals surface area contributed by atoms with E-state index in [1.54, 1.807) is 6.20 Å². The molecule has 1 aromatic carbocycles. The highest BCUT2D eigenvalue weighted by Crippen LogP contribution is 2.35. The van der Waals surface area contributed by atoms with Gasteiger partial charge in [-0.25, -0.2) is 4.98 Å². The first-order valence-electron chi connectivity index (χ1n) is 12.6. The zero-order chi connectivity index (χ0) is 24.0. The molecule has 0 bridgehead atoms. The summed E-state index contributed by atoms with van der Waals surface area (Å²) in [6.07, 6.45) is 13.8. The lowest BCUT2D eigenvalue weighted by Crippen LogP contribution is -2.15. The Kier molecular flexibility index (Phi) is 8.65. The van der Waals surface area contributed by atoms with E-state index >= 15 is 0 Å². The van der Waals surface area contributed by atoms with E-state index in [1.807, 2.05) is 18.3 Å². The summed E-state index contributed by atoms with van der Waals surface area (Å²) < 4.78 is 0. The summed E-state index contributed by atoms with van der Waals surface area (Å²) in [6, 6.07) is 4.11. The molecule has 0 aliphatic heterocycles. The number of nitrogens with one attached hydrogen (secondary N) is 1. The molecular formula is C28H41N5. The number of benzene rings is 1. The van der Waals surface area contributed by atoms with Crippen LogP contribution in [0.1, 0.15) is 88.6 Å². The molecule has 5 nitrogen and oxygen atoms in total. The minimum atomic E-state index is 0.294. The molecule has 0 amide bonds. The van der Waals surface area contributed by atoms with Crippen molar-refractivity contribution in [2.24, 2.45) is 22.6 Å². The number of rotatable bonds is 10. The van der Waals surface area contributed by atoms with Crippen molar-refractivity contribution in [1.82, 2.24) is 4.98 Å². The lowest BCUT2D eigenvalue weighted by molar-refractivity contribution is 0.391. The summed E-state index contributed by atoms with van der Waals surface area (Å²) >= 11 is 0. The molecule has 1 heterocycles. The second kappa shape index (κ2) is 11.4. The van der Waals surface area contributed by atoms with Crippen molar-refractivity contribution in [2.75, 3.05) is 5.73 Å². The normalized spacial score (nSPS) is 16.3. The first kappa shape index (κ1) is 24.9. The molecule has 178 valence electrons. The molecule has 1 aliphatic carbocycles. The number of allylic oxidation sites excluding steroid dienone is 1. The van der Waals surface area contributed by atoms with Gasteiger partial charge in [0.25, 0.3) is 0 Å². The number of pyridine rings is 1. The van der Waals surface area contributed by atoms with Gasteiger partial charge < -0.3 is 16.9 Å². The molecular weight excluding hydrogens is 406 g/mol. The molecule has 5 N–H and O–H groups in total. The lowest BCUT2D eigenvalue weighted by Gasteiger charge is -2.23. The van der Waals surface area contributed by atoms with Crippen LogP contribution in [-0.2, 0) is 12.8 Å². The molecule has 0 radical (unpaired) electrons. The highest BCUT2D eigenvalue weighted by molar-refractivity contribution is 6.11. The zero-order valence-electron chi connectivity index (χ0n) is 20.8. The van der Waals surface area contributed by atoms with Gasteiger partial charge in [-0.3, -0.25) is 4.99 Å². The molecule has 2 aromatic rings. The van der Waals surface area contributed by atoms with E-state index in [1.165, 1.54) is 30.2 Å². The molecule has 0 saturated carbocycles. The summed E-state index contributed by atoms with van der Waals surface area (Å²) in [5.74, 6) is 1.26. The van der Waals surface area contributed by atoms with Crippen molar-refractivity contribution in [3.63, 3.8) is 0 Å². The number of hydrogen-bond acceptors (Lipinski definition) is 5. The average molecular weight is 448 g/mol. The smallest absolute Gasteiger partial charge is 0.0774 e. The first-order valence-corrected chi connectivity index (χ1v) is 12.6. The number of nitrogens with zero attached hydrogens (tertiary/aromatic N) is 2. The Morgan fingerprint density at radius 3 is 2.52 bits per heavy atom. The van der Waals surface area contributed by atoms with Gasteiger partial charge in [-0.2, -0.15) is 0 Å². The average Bonchev–Trinajstić information content (AvgIpc) is 2.79. The van der Waals surface area contributed by atoms with Crippen LogP contribution in [0, 0.1) is 17.2 Å². The van der Waals surface area contributed by atoms with Crippen LogP contribution in [0.2, 0.25) is 0 Å². The monoisotopic (exact) mass is 447 g/mol. The minimum Gasteiger partial charge on any atom is -0.404 e. The molecule has 0 spiro atoms. The molecule has 1 aromatic heterocycles. The lowest BCUT2D eigenvalue weighted by atomic mass is 9.85. The highest BCUT2D eigenvalue weighted by atomic mass is 14.8. The topological polar surface area (TPSA) is 101 Å². The fourth-order valence-corrected chi connectivity index (χ4v) is 5.27. The van der Waals surface area contributed by atoms with Crippen molar-refractivity contribution in [1.29, 1.82) is 5.41 Å². The van der Waals surface area contributed by atoms with Crippen LogP contribution in [0.4, 0.5) is 5.69 Å². The summed E-state index contributed by atoms with van der Waals surface area (Å²) in [5, 5.41) is 8.96. The zero-order valence-corrected chi connectivity index (χ0v) is 20.8. The number of aliphatic imine (C=N–C) groups is 1. The number of fused-ring (bicyclic) bond motifs is 3. The Bertz CT molecular complexity index is 1030. The quantitative estimate of drug-likeness (QED) is 0.294. The van der Waals surface area contributed by atoms with E-state index < -0.39 is 0 Å². The van der Waals surface area contributed by atoms with Crippen LogP contribution in [0.3, 0.4) is 0 Å². The maximum Gasteiger partial charge on any atom is 0.0774 e. The third-order valence-electron chi connectivity index (χ3n) is 6.77. The van der Waals surface area contributed by atoms with Crippen molar-refractivity contribution in [2.45, 2.75) is 85.1 Å². The van der Waals surface area contributed by atoms with Gasteiger partial charge in [0.15, 0.2) is 0 Å². The molecule has 0 fully saturated rings. The Labute approximate surface area is 199 Å². The summed E-state index contributed by atoms with van der Waals surface area (Å²) in [7, 11) is 0. The van der Waals surface area contributed by atoms with Gasteiger partial charge in [-0.1, -0.05) is 40.5 Å². The number of aryl methyl sites for hydroxylation is 1. The summed E-state index contributed by atoms with van der Waals surface area (Å²) in [6.45, 7) is 9.11. The third kappa shape index (κ3) is 5.82. The van der Waals surface area contributed by atoms with Crippen molar-refractivity contribution >= 4 is 34.6 Å². The van der Waals surface area contributed by atoms with Gasteiger partial charge in [0.05, 0.1) is 17.3 Å². The predicted molar refractivity (Wildman–Crippen MR) is 143 cm³/mol. The summed E-state index contributed by atoms with van der Waals surface area (Å²) in [4.78, 5) is 10.1. The second-order valence-corrected chi connectivity index (χ2v) is 10.0. The van der Waals surface area contributed by atoms with Gasteiger partial charge >= 0.3 is 0 Å². The number of anilines is 1. The second-order valence-electron chi connectivity index (χ2n) is 10.0. The molecule has 0 saturated heterocycles. The molecule has 5 heteroatoms. The Balaban J connectivity index is 2.04. The maximum atomic E-state index is 7.93. The number of hydrogen-bond donors (Lipinski definition) is 3. The Hall–Kier alpha value is -2.69. The standard InChI is InChI=1S/C28H41N5/c1-5-8-19(4)14-21(13-18(2)3)32-17-20(15-29)28-23-10-7-6-9-22(23)27-24(16-30)25(31)11-12-26(27)33-28/h11-12,15-19,21,30H,5-10,13-14,29,31H2,1-4H3/b20-15+,30-16?,32-17?/t19-,21?/m0/s1. The van der Waals surface area contributed by atoms with Crippen LogP contribution in [0.25, 0.3) is 16.5 Å². The SMILES string of the molecule is CCC[C@H](C)CC(CC(C)C)N=C/C(=C\N)c1nc2ccc(N)c(C=N)c2c2c1CCCC2. The van der Waals surface area contributed by atoms with Gasteiger partial charge in [-0.15, -0.1) is 0 Å². The van der Waals surface area contributed by atoms with E-state index in [0.717, 1.165) is 66.3 Å². The van der Waals surface area contributed by atoms with Gasteiger partial charge in [0, 0.05) is 40.8 Å². The molecule has 1 unspecified atom stereocenters. The van der Waals surface area contributed by atoms with E-state index in [-0.39, 0.29) is 0 Å². The fraction of sp³-hybridized carbons (Fsp3) is 0.536. The van der Waals surface area contributed by atoms with Crippen LogP contribution >= 0.6 is 0 Å². The van der Waals surface area contributed by atoms with Crippen LogP contribution in [0.15, 0.2) is 23.3 Å². The van der Waals surface area contributed by atoms with E-state index in [0.29, 0.717) is 23.6 Å². The van der Waals surface area contributed by atoms with E-state index in [2.05, 4.69) is 27.7 Å². The van der Waals surface area contributed by atoms with E-state index in [9.17, 15) is 0 Å². The Morgan fingerprint density at radius 2 is 1.88 bits per heavy atom. The number of nitrogen functional groups attached to an aromatic ring is 1. The van der Waals surface area contributed by atoms with Gasteiger partial charge in [0.1, 0.15) is 0 Å². The van der Waals surface area contributed by atoms with Crippen molar-refractivity contribution in [3.8, 4) is 0 Å². The number of aromatic nitrogens is 1. The third-order valence-corrected chi connectivity index (χ3v) is 6.77. The van der Waals surface area contributed by atoms with Crippen LogP contribution in [0.5, 0.6) is 0 Å². The van der Waals surface area contributed by atoms with Crippen LogP contribution in [-0.4, -0.2) is 23.5 Å². The summed E-state index contributed by atoms with van der Waals surface area (Å²) in [5.41, 5.74) is 19.0. The molecule has 1 aliphatic rings. The number of nitrogens with two attached hydrogens (primary N) is 2. The first-order chi connectivity index (χ1) is 15.9. The Morgan fingerprint density at radius 1 is 1.15 bits per heavy atom. The van der Waals surface area contributed by atoms with Crippen LogP contribution < -0.4 is 11.5 Å². The maximum absolute atomic E-state index is 7.93. The van der Waals surface area contributed by atoms with Crippen molar-refractivity contribution < 1.29 is 0 Å². The largest absolute Gasteiger partial charge is 0.404 e. The predicted octanol–water partition coefficient (Wildman–Crippen LogP) is 6.30.